The summed E-state index contributed by atoms with van der Waals surface area (Å²) in [6, 6.07) is -2.01. The minimum atomic E-state index is -3.66. The molecule has 9 aliphatic rings. The summed E-state index contributed by atoms with van der Waals surface area (Å²) >= 11 is 0. The molecule has 9 saturated heterocycles. The number of hydrogen-bond acceptors (Lipinski definition) is 50. The van der Waals surface area contributed by atoms with Crippen LogP contribution in [0.25, 0.3) is 0 Å². The lowest BCUT2D eigenvalue weighted by Gasteiger charge is -2.53. The molecular weight excluding hydrogens is 1570 g/mol. The van der Waals surface area contributed by atoms with Crippen LogP contribution in [-0.4, -0.2) is 522 Å². The van der Waals surface area contributed by atoms with Crippen molar-refractivity contribution in [2.75, 3.05) is 52.9 Å². The minimum absolute atomic E-state index is 0.862. The summed E-state index contributed by atoms with van der Waals surface area (Å²) in [6.07, 6.45) is -106. The highest BCUT2D eigenvalue weighted by molar-refractivity contribution is 5.77. The number of carboxylic acid groups (broad SMARTS) is 3. The van der Waals surface area contributed by atoms with E-state index in [1.54, 1.807) is 0 Å². The fourth-order valence-corrected chi connectivity index (χ4v) is 14.2. The van der Waals surface area contributed by atoms with Gasteiger partial charge in [-0.1, -0.05) is 0 Å². The Morgan fingerprint density at radius 1 is 0.363 bits per heavy atom. The van der Waals surface area contributed by atoms with Crippen molar-refractivity contribution in [3.8, 4) is 0 Å². The van der Waals surface area contributed by atoms with Gasteiger partial charge in [0.15, 0.2) is 50.1 Å². The fraction of sp³-hybridized carbons (Fsp3) is 0.950. The lowest BCUT2D eigenvalue weighted by atomic mass is 9.89. The maximum absolute atomic E-state index is 13.3. The lowest BCUT2D eigenvalue weighted by molar-refractivity contribution is -0.416. The van der Waals surface area contributed by atoms with Gasteiger partial charge in [-0.15, -0.1) is 0 Å². The molecule has 9 rings (SSSR count). The van der Waals surface area contributed by atoms with Crippen LogP contribution in [0.1, 0.15) is 12.8 Å². The van der Waals surface area contributed by atoms with Gasteiger partial charge in [0.25, 0.3) is 11.6 Å². The molecule has 9 heterocycles. The van der Waals surface area contributed by atoms with Crippen molar-refractivity contribution in [3.05, 3.63) is 0 Å². The molecule has 0 amide bonds. The Hall–Kier alpha value is -3.47. The molecule has 0 unspecified atom stereocenters. The highest BCUT2D eigenvalue weighted by Gasteiger charge is 2.65. The zero-order chi connectivity index (χ0) is 83.8. The number of ether oxygens (including phenoxy) is 17. The summed E-state index contributed by atoms with van der Waals surface area (Å²) < 4.78 is 96.5. The van der Waals surface area contributed by atoms with Crippen LogP contribution in [0.5, 0.6) is 0 Å². The molecule has 53 nitrogen and oxygen atoms in total. The third-order valence-corrected chi connectivity index (χ3v) is 20.7. The normalized spacial score (nSPS) is 49.9. The van der Waals surface area contributed by atoms with Crippen molar-refractivity contribution in [3.63, 3.8) is 0 Å². The van der Waals surface area contributed by atoms with Crippen molar-refractivity contribution in [2.45, 2.75) is 300 Å². The first-order valence-electron chi connectivity index (χ1n) is 35.0. The van der Waals surface area contributed by atoms with E-state index in [1.165, 1.54) is 0 Å². The first-order chi connectivity index (χ1) is 53.1. The number of carboxylic acids is 3. The van der Waals surface area contributed by atoms with Gasteiger partial charge in [-0.3, -0.25) is 0 Å². The highest BCUT2D eigenvalue weighted by atomic mass is 16.8. The Balaban J connectivity index is 0.993. The smallest absolute Gasteiger partial charge is 0.364 e. The van der Waals surface area contributed by atoms with E-state index in [1.807, 2.05) is 0 Å². The van der Waals surface area contributed by atoms with E-state index in [0.717, 1.165) is 0 Å². The Labute approximate surface area is 633 Å². The predicted molar refractivity (Wildman–Crippen MR) is 334 cm³/mol. The number of aliphatic hydroxyl groups is 29. The molecule has 34 N–H and O–H groups in total. The minimum Gasteiger partial charge on any atom is -0.479 e. The number of aliphatic carboxylic acids is 3. The van der Waals surface area contributed by atoms with Gasteiger partial charge >= 0.3 is 17.9 Å². The van der Waals surface area contributed by atoms with Crippen LogP contribution in [-0.2, 0) is 94.9 Å². The summed E-state index contributed by atoms with van der Waals surface area (Å²) in [4.78, 5) is 39.2. The second-order valence-corrected chi connectivity index (χ2v) is 28.2. The molecule has 0 aliphatic carbocycles. The molecular formula is C60H99NO52. The molecule has 113 heavy (non-hydrogen) atoms. The number of aliphatic hydroxyl groups excluding tert-OH is 28. The fourth-order valence-electron chi connectivity index (χ4n) is 14.2. The Morgan fingerprint density at radius 3 is 1.31 bits per heavy atom. The molecule has 0 aromatic heterocycles. The lowest BCUT2D eigenvalue weighted by Crippen LogP contribution is -2.71. The van der Waals surface area contributed by atoms with Crippen molar-refractivity contribution in [1.29, 1.82) is 0 Å². The molecule has 9 aliphatic heterocycles. The van der Waals surface area contributed by atoms with Crippen molar-refractivity contribution < 1.29 is 258 Å². The number of nitrogens with two attached hydrogens (primary N) is 1. The standard InChI is InChI=1S/C60H99NO52/c61-21-26(78)42(104-53-33(85)29(81)25(77)20(101-53)10-97-51-31(83)27(79)23(75)17(7-66)98-51)19(9-68)100-50(21)107-45-30(82)34(86)54(110-48(45)49(90)91)106-44-35(87)38(12(70)3-62)102-55(36(44)88)108-46-37(89)56(103-40(14(72)5-64)47(46)109-52-32(84)28(80)24(76)18(8-67)99-52)105-43-16(2-59(96,57(92)93)112-41(43)15(73)6-65)111-60(58(94)95)1-11(69)22(74)39(113-60)13(71)4-63/h11-48,50-56,62-89,96H,1-10,61H2,(H,90,91)(H,92,93)(H,94,95)/t11-,12+,13-,14+,15-,16-,17-,18-,19-,20-,21-,22-,23-,24-,25-,26-,27+,28+,29+,30-,31-,32+,33-,34-,35-,36+,37+,38-,39-,40-,41-,42-,43-,44+,45-,46-,47-,48+,50-,51-,52+,53+,54+,55-,56-,59-,60-/m1/s1. The van der Waals surface area contributed by atoms with Gasteiger partial charge in [0, 0.05) is 12.8 Å². The van der Waals surface area contributed by atoms with Gasteiger partial charge in [-0.05, 0) is 0 Å². The highest BCUT2D eigenvalue weighted by Crippen LogP contribution is 2.44. The maximum Gasteiger partial charge on any atom is 0.364 e. The topological polar surface area (TPSA) is 882 Å². The zero-order valence-electron chi connectivity index (χ0n) is 58.6. The van der Waals surface area contributed by atoms with Crippen LogP contribution in [0.4, 0.5) is 0 Å². The summed E-state index contributed by atoms with van der Waals surface area (Å²) in [7, 11) is 0. The number of carbonyl (C=O) groups is 3. The molecule has 53 heteroatoms. The van der Waals surface area contributed by atoms with Crippen LogP contribution in [0, 0.1) is 0 Å². The molecule has 656 valence electrons. The van der Waals surface area contributed by atoms with E-state index in [0.29, 0.717) is 0 Å². The summed E-state index contributed by atoms with van der Waals surface area (Å²) in [5.41, 5.74) is 6.30. The zero-order valence-corrected chi connectivity index (χ0v) is 58.6. The predicted octanol–water partition coefficient (Wildman–Crippen LogP) is -22.2. The maximum atomic E-state index is 13.3. The van der Waals surface area contributed by atoms with Crippen LogP contribution < -0.4 is 5.73 Å². The molecule has 0 spiro atoms. The van der Waals surface area contributed by atoms with Crippen LogP contribution in [0.15, 0.2) is 0 Å². The van der Waals surface area contributed by atoms with E-state index < -0.39 is 371 Å². The summed E-state index contributed by atoms with van der Waals surface area (Å²) in [6.45, 7) is -9.81. The molecule has 0 saturated carbocycles. The van der Waals surface area contributed by atoms with Crippen LogP contribution >= 0.6 is 0 Å². The monoisotopic (exact) mass is 1670 g/mol. The van der Waals surface area contributed by atoms with Crippen molar-refractivity contribution in [1.82, 2.24) is 0 Å². The van der Waals surface area contributed by atoms with E-state index >= 15 is 0 Å². The second-order valence-electron chi connectivity index (χ2n) is 28.2. The number of rotatable bonds is 31. The molecule has 0 aromatic carbocycles. The molecule has 0 bridgehead atoms. The van der Waals surface area contributed by atoms with E-state index in [4.69, 9.17) is 86.3 Å². The third-order valence-electron chi connectivity index (χ3n) is 20.7. The van der Waals surface area contributed by atoms with Gasteiger partial charge < -0.3 is 250 Å². The van der Waals surface area contributed by atoms with Gasteiger partial charge in [0.1, 0.15) is 208 Å². The molecule has 47 atom stereocenters. The van der Waals surface area contributed by atoms with Crippen molar-refractivity contribution in [2.24, 2.45) is 5.73 Å². The van der Waals surface area contributed by atoms with Gasteiger partial charge in [-0.25, -0.2) is 14.4 Å². The largest absolute Gasteiger partial charge is 0.479 e. The van der Waals surface area contributed by atoms with Gasteiger partial charge in [0.2, 0.25) is 0 Å². The summed E-state index contributed by atoms with van der Waals surface area (Å²) in [5, 5.41) is 349. The average Bonchev–Trinajstić information content (AvgIpc) is 0.747. The van der Waals surface area contributed by atoms with E-state index in [9.17, 15) is 178 Å². The van der Waals surface area contributed by atoms with Crippen LogP contribution in [0.2, 0.25) is 0 Å². The first-order valence-corrected chi connectivity index (χ1v) is 35.0. The number of hydrogen-bond donors (Lipinski definition) is 33. The second kappa shape index (κ2) is 38.9. The van der Waals surface area contributed by atoms with Gasteiger partial charge in [-0.2, -0.15) is 0 Å². The van der Waals surface area contributed by atoms with Gasteiger partial charge in [0.05, 0.1) is 71.1 Å². The SMILES string of the molecule is N[C@H]1[C@@H](O[C@@H]2[C@H](O)[C@@H](O)[C@@H](O[C@@H]3[C@H](O)[C@@H](O[C@@H]4[C@H](O)[C@@H](O[C@H]5[C@@H]([C@H](O)CO)O[C@@](O)(C(=O)O)C[C@H]5O[C@]5(C(=O)O)C[C@@H](O)[C@@H](O)[C@@H]([C@H](O)CO)O5)O[C@H]([C@@H](O)CO)[C@H]4O[C@@H]4O[C@H](CO)[C@@H](O)[C@H](O)[C@@H]4O)O[C@H]([C@@H](O)CO)[C@H]3O)O[C@@H]2C(=O)O)O[C@H](CO)[C@@H](O[C@@H]2O[C@H](CO[C@@H]3O[C@H](CO)[C@@H](O)[C@H](O)[C@H]3O)[C@@H](O)[C@H](O)[C@H]2O)[C@@H]1O. The van der Waals surface area contributed by atoms with E-state index in [2.05, 4.69) is 0 Å². The van der Waals surface area contributed by atoms with E-state index in [-0.39, 0.29) is 0 Å². The summed E-state index contributed by atoms with van der Waals surface area (Å²) in [5.74, 6) is -13.9. The molecule has 0 radical (unpaired) electrons. The Morgan fingerprint density at radius 2 is 0.779 bits per heavy atom. The third kappa shape index (κ3) is 19.3. The average molecular weight is 1670 g/mol. The van der Waals surface area contributed by atoms with Crippen molar-refractivity contribution >= 4 is 17.9 Å². The Kier molecular flexibility index (Phi) is 32.2. The quantitative estimate of drug-likeness (QED) is 0.0306. The molecule has 0 aromatic rings. The first kappa shape index (κ1) is 93.4. The molecule has 9 fully saturated rings. The van der Waals surface area contributed by atoms with Crippen LogP contribution in [0.3, 0.4) is 0 Å². The Bertz CT molecular complexity index is 3010.